The first-order valence-corrected chi connectivity index (χ1v) is 9.23. The molecule has 2 atom stereocenters. The lowest BCUT2D eigenvalue weighted by molar-refractivity contribution is -0.140. The predicted molar refractivity (Wildman–Crippen MR) is 93.6 cm³/mol. The van der Waals surface area contributed by atoms with Crippen LogP contribution in [0.3, 0.4) is 0 Å². The van der Waals surface area contributed by atoms with Gasteiger partial charge in [-0.2, -0.15) is 4.98 Å². The second-order valence-electron chi connectivity index (χ2n) is 6.91. The quantitative estimate of drug-likeness (QED) is 0.930. The zero-order valence-electron chi connectivity index (χ0n) is 14.4. The van der Waals surface area contributed by atoms with Gasteiger partial charge < -0.3 is 14.7 Å². The van der Waals surface area contributed by atoms with Gasteiger partial charge in [0.1, 0.15) is 6.04 Å². The van der Waals surface area contributed by atoms with E-state index in [1.807, 2.05) is 35.2 Å². The highest BCUT2D eigenvalue weighted by molar-refractivity contribution is 5.79. The minimum Gasteiger partial charge on any atom is -0.337 e. The molecular formula is C19H24N4O2. The fourth-order valence-corrected chi connectivity index (χ4v) is 3.82. The van der Waals surface area contributed by atoms with Crippen LogP contribution in [0.4, 0.5) is 0 Å². The van der Waals surface area contributed by atoms with Crippen LogP contribution in [0.5, 0.6) is 0 Å². The number of hydrogen-bond acceptors (Lipinski definition) is 5. The average Bonchev–Trinajstić information content (AvgIpc) is 3.19. The van der Waals surface area contributed by atoms with Crippen molar-refractivity contribution < 1.29 is 9.32 Å². The summed E-state index contributed by atoms with van der Waals surface area (Å²) in [6.45, 7) is 2.57. The number of likely N-dealkylation sites (tertiary alicyclic amines) is 1. The van der Waals surface area contributed by atoms with Crippen LogP contribution in [0.2, 0.25) is 0 Å². The third-order valence-corrected chi connectivity index (χ3v) is 5.19. The molecule has 0 bridgehead atoms. The van der Waals surface area contributed by atoms with E-state index in [-0.39, 0.29) is 17.9 Å². The Bertz CT molecular complexity index is 709. The van der Waals surface area contributed by atoms with Crippen LogP contribution in [0.1, 0.15) is 44.0 Å². The first kappa shape index (κ1) is 16.3. The lowest BCUT2D eigenvalue weighted by atomic mass is 9.94. The molecule has 2 aliphatic rings. The van der Waals surface area contributed by atoms with Crippen LogP contribution in [0.15, 0.2) is 34.9 Å². The van der Waals surface area contributed by atoms with Crippen molar-refractivity contribution in [1.82, 2.24) is 20.4 Å². The van der Waals surface area contributed by atoms with Gasteiger partial charge in [0.05, 0.1) is 5.92 Å². The number of benzene rings is 1. The van der Waals surface area contributed by atoms with Crippen molar-refractivity contribution in [2.75, 3.05) is 19.6 Å². The summed E-state index contributed by atoms with van der Waals surface area (Å²) in [6.07, 6.45) is 5.05. The van der Waals surface area contributed by atoms with Gasteiger partial charge in [-0.1, -0.05) is 35.5 Å². The Hall–Kier alpha value is -2.21. The highest BCUT2D eigenvalue weighted by Gasteiger charge is 2.35. The molecule has 1 aromatic heterocycles. The molecule has 0 aliphatic carbocycles. The van der Waals surface area contributed by atoms with E-state index < -0.39 is 0 Å². The van der Waals surface area contributed by atoms with Crippen LogP contribution in [-0.4, -0.2) is 40.6 Å². The third kappa shape index (κ3) is 3.44. The van der Waals surface area contributed by atoms with E-state index in [1.54, 1.807) is 0 Å². The summed E-state index contributed by atoms with van der Waals surface area (Å²) in [5.41, 5.74) is 0.933. The molecular weight excluding hydrogens is 316 g/mol. The van der Waals surface area contributed by atoms with Gasteiger partial charge in [0.2, 0.25) is 17.6 Å². The summed E-state index contributed by atoms with van der Waals surface area (Å²) in [5, 5.41) is 7.47. The van der Waals surface area contributed by atoms with Gasteiger partial charge in [0.25, 0.3) is 0 Å². The van der Waals surface area contributed by atoms with E-state index in [1.165, 1.54) is 0 Å². The largest absolute Gasteiger partial charge is 0.337 e. The molecule has 6 nitrogen and oxygen atoms in total. The molecule has 0 spiro atoms. The van der Waals surface area contributed by atoms with Crippen molar-refractivity contribution in [1.29, 1.82) is 0 Å². The predicted octanol–water partition coefficient (Wildman–Crippen LogP) is 2.79. The SMILES string of the molecule is O=C(C1CCCNC1)N1CCCCC1c1nc(-c2ccccc2)no1. The Morgan fingerprint density at radius 3 is 2.84 bits per heavy atom. The van der Waals surface area contributed by atoms with Gasteiger partial charge in [-0.3, -0.25) is 4.79 Å². The number of nitrogens with one attached hydrogen (secondary N) is 1. The molecule has 132 valence electrons. The summed E-state index contributed by atoms with van der Waals surface area (Å²) in [5.74, 6) is 1.46. The highest BCUT2D eigenvalue weighted by atomic mass is 16.5. The Labute approximate surface area is 147 Å². The zero-order valence-corrected chi connectivity index (χ0v) is 14.4. The average molecular weight is 340 g/mol. The number of carbonyl (C=O) groups is 1. The van der Waals surface area contributed by atoms with Crippen molar-refractivity contribution in [3.63, 3.8) is 0 Å². The van der Waals surface area contributed by atoms with E-state index in [9.17, 15) is 4.79 Å². The molecule has 1 amide bonds. The maximum absolute atomic E-state index is 13.0. The van der Waals surface area contributed by atoms with Gasteiger partial charge in [-0.25, -0.2) is 0 Å². The van der Waals surface area contributed by atoms with Crippen molar-refractivity contribution >= 4 is 5.91 Å². The molecule has 25 heavy (non-hydrogen) atoms. The molecule has 3 heterocycles. The van der Waals surface area contributed by atoms with Gasteiger partial charge in [-0.15, -0.1) is 0 Å². The van der Waals surface area contributed by atoms with E-state index in [4.69, 9.17) is 4.52 Å². The maximum Gasteiger partial charge on any atom is 0.249 e. The standard InChI is InChI=1S/C19H24N4O2/c24-19(15-9-6-11-20-13-15)23-12-5-4-10-16(23)18-21-17(22-25-18)14-7-2-1-3-8-14/h1-3,7-8,15-16,20H,4-6,9-13H2. The summed E-state index contributed by atoms with van der Waals surface area (Å²) in [4.78, 5) is 19.6. The van der Waals surface area contributed by atoms with Crippen molar-refractivity contribution in [3.05, 3.63) is 36.2 Å². The fourth-order valence-electron chi connectivity index (χ4n) is 3.82. The summed E-state index contributed by atoms with van der Waals surface area (Å²) in [7, 11) is 0. The molecule has 4 rings (SSSR count). The Morgan fingerprint density at radius 2 is 2.04 bits per heavy atom. The van der Waals surface area contributed by atoms with Crippen LogP contribution in [-0.2, 0) is 4.79 Å². The van der Waals surface area contributed by atoms with Crippen molar-refractivity contribution in [2.24, 2.45) is 5.92 Å². The van der Waals surface area contributed by atoms with Crippen LogP contribution in [0, 0.1) is 5.92 Å². The van der Waals surface area contributed by atoms with Gasteiger partial charge in [0.15, 0.2) is 0 Å². The lowest BCUT2D eigenvalue weighted by Gasteiger charge is -2.36. The number of rotatable bonds is 3. The molecule has 0 saturated carbocycles. The maximum atomic E-state index is 13.0. The molecule has 2 unspecified atom stereocenters. The number of piperidine rings is 2. The second-order valence-corrected chi connectivity index (χ2v) is 6.91. The molecule has 2 saturated heterocycles. The second kappa shape index (κ2) is 7.35. The topological polar surface area (TPSA) is 71.3 Å². The van der Waals surface area contributed by atoms with Crippen LogP contribution < -0.4 is 5.32 Å². The monoisotopic (exact) mass is 340 g/mol. The molecule has 2 aliphatic heterocycles. The van der Waals surface area contributed by atoms with Crippen molar-refractivity contribution in [2.45, 2.75) is 38.1 Å². The number of nitrogens with zero attached hydrogens (tertiary/aromatic N) is 3. The molecule has 6 heteroatoms. The van der Waals surface area contributed by atoms with E-state index in [2.05, 4.69) is 15.5 Å². The van der Waals surface area contributed by atoms with Gasteiger partial charge in [-0.05, 0) is 38.6 Å². The Kier molecular flexibility index (Phi) is 4.78. The van der Waals surface area contributed by atoms with Crippen LogP contribution >= 0.6 is 0 Å². The smallest absolute Gasteiger partial charge is 0.249 e. The van der Waals surface area contributed by atoms with Crippen LogP contribution in [0.25, 0.3) is 11.4 Å². The van der Waals surface area contributed by atoms with E-state index in [0.717, 1.165) is 57.3 Å². The fraction of sp³-hybridized carbons (Fsp3) is 0.526. The summed E-state index contributed by atoms with van der Waals surface area (Å²) in [6, 6.07) is 9.71. The number of aromatic nitrogens is 2. The normalized spacial score (nSPS) is 24.2. The first-order valence-electron chi connectivity index (χ1n) is 9.23. The minimum absolute atomic E-state index is 0.0749. The number of hydrogen-bond donors (Lipinski definition) is 1. The van der Waals surface area contributed by atoms with Gasteiger partial charge in [0, 0.05) is 18.7 Å². The third-order valence-electron chi connectivity index (χ3n) is 5.19. The summed E-state index contributed by atoms with van der Waals surface area (Å²) < 4.78 is 5.56. The molecule has 1 aromatic carbocycles. The molecule has 2 fully saturated rings. The summed E-state index contributed by atoms with van der Waals surface area (Å²) >= 11 is 0. The zero-order chi connectivity index (χ0) is 17.1. The first-order chi connectivity index (χ1) is 12.3. The molecule has 2 aromatic rings. The molecule has 1 N–H and O–H groups in total. The molecule has 0 radical (unpaired) electrons. The minimum atomic E-state index is -0.0897. The Morgan fingerprint density at radius 1 is 1.16 bits per heavy atom. The van der Waals surface area contributed by atoms with Crippen molar-refractivity contribution in [3.8, 4) is 11.4 Å². The Balaban J connectivity index is 1.55. The lowest BCUT2D eigenvalue weighted by Crippen LogP contribution is -2.46. The number of amides is 1. The number of carbonyl (C=O) groups excluding carboxylic acids is 1. The van der Waals surface area contributed by atoms with Gasteiger partial charge >= 0.3 is 0 Å². The van der Waals surface area contributed by atoms with E-state index in [0.29, 0.717) is 11.7 Å². The highest BCUT2D eigenvalue weighted by Crippen LogP contribution is 2.33. The van der Waals surface area contributed by atoms with E-state index >= 15 is 0 Å².